The summed E-state index contributed by atoms with van der Waals surface area (Å²) < 4.78 is 6.28. The predicted molar refractivity (Wildman–Crippen MR) is 92.8 cm³/mol. The van der Waals surface area contributed by atoms with Gasteiger partial charge in [0, 0.05) is 16.8 Å². The van der Waals surface area contributed by atoms with Crippen LogP contribution in [0.3, 0.4) is 0 Å². The maximum Gasteiger partial charge on any atom is 0.255 e. The fourth-order valence-electron chi connectivity index (χ4n) is 1.89. The molecule has 0 atom stereocenters. The van der Waals surface area contributed by atoms with Crippen LogP contribution in [-0.4, -0.2) is 18.4 Å². The fourth-order valence-corrected chi connectivity index (χ4v) is 2.39. The van der Waals surface area contributed by atoms with Gasteiger partial charge in [-0.05, 0) is 64.8 Å². The molecule has 0 heterocycles. The molecule has 0 radical (unpaired) electrons. The minimum Gasteiger partial charge on any atom is -0.492 e. The second-order valence-electron chi connectivity index (χ2n) is 4.89. The van der Waals surface area contributed by atoms with Crippen LogP contribution in [-0.2, 0) is 0 Å². The molecule has 0 aromatic heterocycles. The number of amides is 2. The van der Waals surface area contributed by atoms with Crippen LogP contribution in [0.1, 0.15) is 34.1 Å². The molecule has 120 valence electrons. The quantitative estimate of drug-likeness (QED) is 0.807. The number of primary amides is 1. The van der Waals surface area contributed by atoms with Gasteiger partial charge in [-0.25, -0.2) is 0 Å². The zero-order valence-electron chi connectivity index (χ0n) is 12.6. The van der Waals surface area contributed by atoms with E-state index >= 15 is 0 Å². The van der Waals surface area contributed by atoms with Crippen LogP contribution in [0.15, 0.2) is 46.9 Å². The minimum atomic E-state index is -0.505. The van der Waals surface area contributed by atoms with E-state index in [2.05, 4.69) is 21.2 Å². The zero-order valence-corrected chi connectivity index (χ0v) is 14.2. The Hall–Kier alpha value is -2.34. The Labute approximate surface area is 143 Å². The first-order valence-electron chi connectivity index (χ1n) is 7.15. The minimum absolute atomic E-state index is 0.250. The number of nitrogens with one attached hydrogen (secondary N) is 1. The smallest absolute Gasteiger partial charge is 0.255 e. The van der Waals surface area contributed by atoms with Gasteiger partial charge < -0.3 is 15.8 Å². The van der Waals surface area contributed by atoms with Crippen molar-refractivity contribution < 1.29 is 14.3 Å². The molecule has 0 saturated heterocycles. The van der Waals surface area contributed by atoms with Crippen molar-refractivity contribution in [2.45, 2.75) is 13.3 Å². The van der Waals surface area contributed by atoms with Crippen molar-refractivity contribution in [3.8, 4) is 5.75 Å². The lowest BCUT2D eigenvalue weighted by Gasteiger charge is -2.09. The zero-order chi connectivity index (χ0) is 16.8. The van der Waals surface area contributed by atoms with Gasteiger partial charge in [0.15, 0.2) is 0 Å². The van der Waals surface area contributed by atoms with Gasteiger partial charge in [-0.1, -0.05) is 6.92 Å². The van der Waals surface area contributed by atoms with E-state index < -0.39 is 5.91 Å². The number of benzene rings is 2. The summed E-state index contributed by atoms with van der Waals surface area (Å²) in [4.78, 5) is 23.3. The van der Waals surface area contributed by atoms with Gasteiger partial charge in [-0.2, -0.15) is 0 Å². The first-order chi connectivity index (χ1) is 11.0. The van der Waals surface area contributed by atoms with Gasteiger partial charge in [0.05, 0.1) is 11.1 Å². The average molecular weight is 377 g/mol. The topological polar surface area (TPSA) is 81.4 Å². The third-order valence-electron chi connectivity index (χ3n) is 3.08. The van der Waals surface area contributed by atoms with Crippen LogP contribution in [0, 0.1) is 0 Å². The summed E-state index contributed by atoms with van der Waals surface area (Å²) in [5.41, 5.74) is 6.66. The maximum atomic E-state index is 12.2. The lowest BCUT2D eigenvalue weighted by atomic mass is 10.1. The SMILES string of the molecule is CCCOc1ccc(C(=O)Nc2ccc(C(N)=O)cc2)cc1Br. The lowest BCUT2D eigenvalue weighted by Crippen LogP contribution is -2.13. The van der Waals surface area contributed by atoms with E-state index in [4.69, 9.17) is 10.5 Å². The van der Waals surface area contributed by atoms with Crippen LogP contribution >= 0.6 is 15.9 Å². The van der Waals surface area contributed by atoms with Crippen LogP contribution in [0.25, 0.3) is 0 Å². The summed E-state index contributed by atoms with van der Waals surface area (Å²) >= 11 is 3.40. The lowest BCUT2D eigenvalue weighted by molar-refractivity contribution is 0.0998. The van der Waals surface area contributed by atoms with Crippen molar-refractivity contribution in [3.63, 3.8) is 0 Å². The number of hydrogen-bond acceptors (Lipinski definition) is 3. The van der Waals surface area contributed by atoms with Crippen LogP contribution in [0.4, 0.5) is 5.69 Å². The van der Waals surface area contributed by atoms with E-state index in [0.29, 0.717) is 29.2 Å². The summed E-state index contributed by atoms with van der Waals surface area (Å²) in [5.74, 6) is -0.0525. The number of anilines is 1. The fraction of sp³-hybridized carbons (Fsp3) is 0.176. The maximum absolute atomic E-state index is 12.2. The molecule has 0 saturated carbocycles. The number of carbonyl (C=O) groups is 2. The molecular weight excluding hydrogens is 360 g/mol. The van der Waals surface area contributed by atoms with Gasteiger partial charge in [0.25, 0.3) is 5.91 Å². The molecule has 0 fully saturated rings. The molecule has 0 unspecified atom stereocenters. The Bertz CT molecular complexity index is 714. The van der Waals surface area contributed by atoms with Gasteiger partial charge in [0.2, 0.25) is 5.91 Å². The highest BCUT2D eigenvalue weighted by atomic mass is 79.9. The van der Waals surface area contributed by atoms with Gasteiger partial charge in [-0.3, -0.25) is 9.59 Å². The average Bonchev–Trinajstić information content (AvgIpc) is 2.54. The first-order valence-corrected chi connectivity index (χ1v) is 7.94. The number of halogens is 1. The Morgan fingerprint density at radius 2 is 1.78 bits per heavy atom. The molecule has 2 rings (SSSR count). The van der Waals surface area contributed by atoms with Crippen molar-refractivity contribution in [2.24, 2.45) is 5.73 Å². The summed E-state index contributed by atoms with van der Waals surface area (Å²) in [5, 5.41) is 2.76. The molecule has 6 heteroatoms. The molecular formula is C17H17BrN2O3. The Morgan fingerprint density at radius 1 is 1.13 bits per heavy atom. The monoisotopic (exact) mass is 376 g/mol. The highest BCUT2D eigenvalue weighted by Crippen LogP contribution is 2.26. The van der Waals surface area contributed by atoms with E-state index in [-0.39, 0.29) is 5.91 Å². The Kier molecular flexibility index (Phi) is 5.76. The molecule has 5 nitrogen and oxygen atoms in total. The molecule has 0 spiro atoms. The van der Waals surface area contributed by atoms with Gasteiger partial charge in [-0.15, -0.1) is 0 Å². The predicted octanol–water partition coefficient (Wildman–Crippen LogP) is 3.59. The second kappa shape index (κ2) is 7.78. The highest BCUT2D eigenvalue weighted by Gasteiger charge is 2.10. The van der Waals surface area contributed by atoms with E-state index in [0.717, 1.165) is 10.9 Å². The standard InChI is InChI=1S/C17H17BrN2O3/c1-2-9-23-15-8-5-12(10-14(15)18)17(22)20-13-6-3-11(4-7-13)16(19)21/h3-8,10H,2,9H2,1H3,(H2,19,21)(H,20,22). The number of ether oxygens (including phenoxy) is 1. The molecule has 0 aliphatic carbocycles. The van der Waals surface area contributed by atoms with Crippen molar-refractivity contribution in [1.82, 2.24) is 0 Å². The molecule has 0 bridgehead atoms. The third kappa shape index (κ3) is 4.56. The van der Waals surface area contributed by atoms with E-state index in [9.17, 15) is 9.59 Å². The molecule has 3 N–H and O–H groups in total. The van der Waals surface area contributed by atoms with Crippen molar-refractivity contribution >= 4 is 33.4 Å². The van der Waals surface area contributed by atoms with Crippen molar-refractivity contribution in [3.05, 3.63) is 58.1 Å². The molecule has 0 aliphatic heterocycles. The summed E-state index contributed by atoms with van der Waals surface area (Å²) in [6.45, 7) is 2.65. The van der Waals surface area contributed by atoms with Gasteiger partial charge >= 0.3 is 0 Å². The number of rotatable bonds is 6. The Morgan fingerprint density at radius 3 is 2.35 bits per heavy atom. The summed E-state index contributed by atoms with van der Waals surface area (Å²) in [6.07, 6.45) is 0.913. The van der Waals surface area contributed by atoms with E-state index in [1.165, 1.54) is 0 Å². The van der Waals surface area contributed by atoms with Crippen LogP contribution in [0.2, 0.25) is 0 Å². The third-order valence-corrected chi connectivity index (χ3v) is 3.70. The number of nitrogens with two attached hydrogens (primary N) is 1. The summed E-state index contributed by atoms with van der Waals surface area (Å²) in [6, 6.07) is 11.6. The van der Waals surface area contributed by atoms with Gasteiger partial charge in [0.1, 0.15) is 5.75 Å². The highest BCUT2D eigenvalue weighted by molar-refractivity contribution is 9.10. The molecule has 23 heavy (non-hydrogen) atoms. The normalized spacial score (nSPS) is 10.2. The van der Waals surface area contributed by atoms with Crippen molar-refractivity contribution in [1.29, 1.82) is 0 Å². The van der Waals surface area contributed by atoms with E-state index in [1.807, 2.05) is 6.92 Å². The molecule has 2 aromatic carbocycles. The largest absolute Gasteiger partial charge is 0.492 e. The molecule has 2 amide bonds. The molecule has 2 aromatic rings. The van der Waals surface area contributed by atoms with Crippen LogP contribution in [0.5, 0.6) is 5.75 Å². The number of hydrogen-bond donors (Lipinski definition) is 2. The first kappa shape index (κ1) is 17.0. The number of carbonyl (C=O) groups excluding carboxylic acids is 2. The summed E-state index contributed by atoms with van der Waals surface area (Å²) in [7, 11) is 0. The Balaban J connectivity index is 2.08. The molecule has 0 aliphatic rings. The van der Waals surface area contributed by atoms with E-state index in [1.54, 1.807) is 42.5 Å². The van der Waals surface area contributed by atoms with Crippen LogP contribution < -0.4 is 15.8 Å². The second-order valence-corrected chi connectivity index (χ2v) is 5.74. The van der Waals surface area contributed by atoms with Crippen molar-refractivity contribution in [2.75, 3.05) is 11.9 Å².